The second-order valence-corrected chi connectivity index (χ2v) is 7.86. The first-order valence-electron chi connectivity index (χ1n) is 10.2. The molecular weight excluding hydrogens is 386 g/mol. The summed E-state index contributed by atoms with van der Waals surface area (Å²) in [6.07, 6.45) is 6.24. The third kappa shape index (κ3) is 4.85. The first kappa shape index (κ1) is 19.6. The van der Waals surface area contributed by atoms with Gasteiger partial charge in [-0.1, -0.05) is 54.2 Å². The molecule has 6 heteroatoms. The summed E-state index contributed by atoms with van der Waals surface area (Å²) < 4.78 is 5.44. The van der Waals surface area contributed by atoms with Crippen LogP contribution in [0.25, 0.3) is 11.4 Å². The predicted octanol–water partition coefficient (Wildman–Crippen LogP) is 5.41. The van der Waals surface area contributed by atoms with Gasteiger partial charge in [0.2, 0.25) is 11.7 Å². The fourth-order valence-corrected chi connectivity index (χ4v) is 4.00. The molecule has 1 fully saturated rings. The number of aromatic nitrogens is 2. The number of hydrogen-bond donors (Lipinski definition) is 0. The number of halogens is 1. The minimum absolute atomic E-state index is 0.0786. The van der Waals surface area contributed by atoms with Crippen LogP contribution in [0.2, 0.25) is 5.02 Å². The fraction of sp³-hybridized carbons (Fsp3) is 0.348. The van der Waals surface area contributed by atoms with Crippen molar-refractivity contribution in [3.8, 4) is 11.4 Å². The molecule has 0 atom stereocenters. The van der Waals surface area contributed by atoms with Crippen molar-refractivity contribution in [1.82, 2.24) is 15.0 Å². The summed E-state index contributed by atoms with van der Waals surface area (Å²) in [6.45, 7) is 0.570. The third-order valence-corrected chi connectivity index (χ3v) is 5.69. The zero-order chi connectivity index (χ0) is 20.1. The Morgan fingerprint density at radius 1 is 1.03 bits per heavy atom. The minimum Gasteiger partial charge on any atom is -0.339 e. The molecule has 4 rings (SSSR count). The van der Waals surface area contributed by atoms with Gasteiger partial charge in [0.1, 0.15) is 0 Å². The van der Waals surface area contributed by atoms with Gasteiger partial charge in [-0.2, -0.15) is 4.98 Å². The molecule has 1 saturated carbocycles. The van der Waals surface area contributed by atoms with Crippen LogP contribution in [0.5, 0.6) is 0 Å². The topological polar surface area (TPSA) is 59.2 Å². The number of carbonyl (C=O) groups excluding carboxylic acids is 1. The second-order valence-electron chi connectivity index (χ2n) is 7.43. The van der Waals surface area contributed by atoms with E-state index in [-0.39, 0.29) is 11.9 Å². The molecule has 5 nitrogen and oxygen atoms in total. The molecule has 0 spiro atoms. The van der Waals surface area contributed by atoms with Gasteiger partial charge in [0.15, 0.2) is 0 Å². The molecular formula is C23H24ClN3O2. The van der Waals surface area contributed by atoms with E-state index in [1.54, 1.807) is 12.1 Å². The van der Waals surface area contributed by atoms with E-state index in [4.69, 9.17) is 16.1 Å². The lowest BCUT2D eigenvalue weighted by molar-refractivity contribution is 0.0632. The molecule has 0 saturated heterocycles. The van der Waals surface area contributed by atoms with Crippen LogP contribution in [0.4, 0.5) is 0 Å². The SMILES string of the molecule is O=C(c1ccccc1)N(CCc1nc(-c2ccc(Cl)cc2)no1)C1CCCCC1. The molecule has 1 heterocycles. The summed E-state index contributed by atoms with van der Waals surface area (Å²) >= 11 is 5.94. The Kier molecular flexibility index (Phi) is 6.25. The van der Waals surface area contributed by atoms with Gasteiger partial charge in [0.05, 0.1) is 0 Å². The highest BCUT2D eigenvalue weighted by molar-refractivity contribution is 6.30. The molecule has 2 aromatic carbocycles. The molecule has 0 bridgehead atoms. The average Bonchev–Trinajstić information content (AvgIpc) is 3.24. The van der Waals surface area contributed by atoms with Crippen LogP contribution >= 0.6 is 11.6 Å². The van der Waals surface area contributed by atoms with Crippen molar-refractivity contribution >= 4 is 17.5 Å². The number of hydrogen-bond acceptors (Lipinski definition) is 4. The number of carbonyl (C=O) groups is 1. The van der Waals surface area contributed by atoms with E-state index in [1.807, 2.05) is 47.4 Å². The van der Waals surface area contributed by atoms with Crippen molar-refractivity contribution in [3.05, 3.63) is 71.1 Å². The van der Waals surface area contributed by atoms with Crippen LogP contribution in [-0.2, 0) is 6.42 Å². The molecule has 29 heavy (non-hydrogen) atoms. The highest BCUT2D eigenvalue weighted by Gasteiger charge is 2.26. The Bertz CT molecular complexity index is 934. The molecule has 3 aromatic rings. The molecule has 0 radical (unpaired) electrons. The molecule has 1 aliphatic carbocycles. The van der Waals surface area contributed by atoms with Crippen LogP contribution in [0.1, 0.15) is 48.4 Å². The number of nitrogens with zero attached hydrogens (tertiary/aromatic N) is 3. The maximum Gasteiger partial charge on any atom is 0.254 e. The van der Waals surface area contributed by atoms with Gasteiger partial charge < -0.3 is 9.42 Å². The maximum absolute atomic E-state index is 13.2. The van der Waals surface area contributed by atoms with Crippen molar-refractivity contribution in [3.63, 3.8) is 0 Å². The van der Waals surface area contributed by atoms with Crippen molar-refractivity contribution < 1.29 is 9.32 Å². The van der Waals surface area contributed by atoms with Gasteiger partial charge in [-0.05, 0) is 49.2 Å². The van der Waals surface area contributed by atoms with E-state index in [1.165, 1.54) is 19.3 Å². The van der Waals surface area contributed by atoms with E-state index < -0.39 is 0 Å². The van der Waals surface area contributed by atoms with Gasteiger partial charge in [0.25, 0.3) is 5.91 Å². The lowest BCUT2D eigenvalue weighted by Gasteiger charge is -2.34. The molecule has 0 aliphatic heterocycles. The van der Waals surface area contributed by atoms with Crippen molar-refractivity contribution in [2.24, 2.45) is 0 Å². The average molecular weight is 410 g/mol. The third-order valence-electron chi connectivity index (χ3n) is 5.43. The molecule has 150 valence electrons. The second kappa shape index (κ2) is 9.23. The summed E-state index contributed by atoms with van der Waals surface area (Å²) in [4.78, 5) is 19.7. The molecule has 1 aliphatic rings. The van der Waals surface area contributed by atoms with Gasteiger partial charge in [-0.25, -0.2) is 0 Å². The molecule has 1 aromatic heterocycles. The summed E-state index contributed by atoms with van der Waals surface area (Å²) in [7, 11) is 0. The molecule has 0 unspecified atom stereocenters. The molecule has 0 N–H and O–H groups in total. The summed E-state index contributed by atoms with van der Waals surface area (Å²) in [5, 5.41) is 4.74. The Morgan fingerprint density at radius 2 is 1.76 bits per heavy atom. The lowest BCUT2D eigenvalue weighted by atomic mass is 9.93. The largest absolute Gasteiger partial charge is 0.339 e. The number of amides is 1. The summed E-state index contributed by atoms with van der Waals surface area (Å²) in [5.41, 5.74) is 1.58. The first-order chi connectivity index (χ1) is 14.2. The number of benzene rings is 2. The van der Waals surface area contributed by atoms with E-state index in [9.17, 15) is 4.79 Å². The van der Waals surface area contributed by atoms with Crippen molar-refractivity contribution in [1.29, 1.82) is 0 Å². The van der Waals surface area contributed by atoms with Gasteiger partial charge >= 0.3 is 0 Å². The first-order valence-corrected chi connectivity index (χ1v) is 10.5. The normalized spacial score (nSPS) is 14.7. The Hall–Kier alpha value is -2.66. The van der Waals surface area contributed by atoms with Crippen molar-refractivity contribution in [2.75, 3.05) is 6.54 Å². The van der Waals surface area contributed by atoms with Gasteiger partial charge in [-0.15, -0.1) is 0 Å². The van der Waals surface area contributed by atoms with Crippen LogP contribution in [-0.4, -0.2) is 33.5 Å². The van der Waals surface area contributed by atoms with Crippen LogP contribution < -0.4 is 0 Å². The Morgan fingerprint density at radius 3 is 2.48 bits per heavy atom. The standard InChI is InChI=1S/C23H24ClN3O2/c24-19-13-11-17(12-14-19)22-25-21(29-26-22)15-16-27(20-9-5-2-6-10-20)23(28)18-7-3-1-4-8-18/h1,3-4,7-8,11-14,20H,2,5-6,9-10,15-16H2. The Balaban J connectivity index is 1.48. The van der Waals surface area contributed by atoms with Crippen LogP contribution in [0, 0.1) is 0 Å². The van der Waals surface area contributed by atoms with Crippen LogP contribution in [0.15, 0.2) is 59.1 Å². The smallest absolute Gasteiger partial charge is 0.254 e. The molecule has 1 amide bonds. The number of rotatable bonds is 6. The minimum atomic E-state index is 0.0786. The predicted molar refractivity (Wildman–Crippen MR) is 113 cm³/mol. The maximum atomic E-state index is 13.2. The summed E-state index contributed by atoms with van der Waals surface area (Å²) in [6, 6.07) is 17.1. The van der Waals surface area contributed by atoms with Crippen molar-refractivity contribution in [2.45, 2.75) is 44.6 Å². The van der Waals surface area contributed by atoms with E-state index in [0.29, 0.717) is 29.7 Å². The van der Waals surface area contributed by atoms with Gasteiger partial charge in [-0.3, -0.25) is 4.79 Å². The highest BCUT2D eigenvalue weighted by atomic mass is 35.5. The van der Waals surface area contributed by atoms with E-state index in [2.05, 4.69) is 10.1 Å². The zero-order valence-corrected chi connectivity index (χ0v) is 17.0. The highest BCUT2D eigenvalue weighted by Crippen LogP contribution is 2.25. The van der Waals surface area contributed by atoms with E-state index >= 15 is 0 Å². The quantitative estimate of drug-likeness (QED) is 0.546. The summed E-state index contributed by atoms with van der Waals surface area (Å²) in [5.74, 6) is 1.15. The lowest BCUT2D eigenvalue weighted by Crippen LogP contribution is -2.42. The van der Waals surface area contributed by atoms with Gasteiger partial charge in [0, 0.05) is 35.2 Å². The Labute approximate surface area is 175 Å². The zero-order valence-electron chi connectivity index (χ0n) is 16.3. The van der Waals surface area contributed by atoms with Crippen LogP contribution in [0.3, 0.4) is 0 Å². The fourth-order valence-electron chi connectivity index (χ4n) is 3.88. The monoisotopic (exact) mass is 409 g/mol. The van der Waals surface area contributed by atoms with E-state index in [0.717, 1.165) is 24.0 Å².